The number of carbonyl (C=O) groups excluding carboxylic acids is 1. The van der Waals surface area contributed by atoms with Gasteiger partial charge in [0.15, 0.2) is 0 Å². The lowest BCUT2D eigenvalue weighted by atomic mass is 10.1. The van der Waals surface area contributed by atoms with Crippen LogP contribution in [0.25, 0.3) is 0 Å². The number of amides is 1. The van der Waals surface area contributed by atoms with Crippen LogP contribution in [0.3, 0.4) is 0 Å². The van der Waals surface area contributed by atoms with Gasteiger partial charge in [0, 0.05) is 35.5 Å². The quantitative estimate of drug-likeness (QED) is 0.691. The Morgan fingerprint density at radius 1 is 1.16 bits per heavy atom. The number of pyridine rings is 1. The SMILES string of the molecule is CC(C)CCNC(=O)c1cncc(NCCc2ccc(Cl)cc2Cl)c1. The van der Waals surface area contributed by atoms with Gasteiger partial charge < -0.3 is 10.6 Å². The smallest absolute Gasteiger partial charge is 0.252 e. The van der Waals surface area contributed by atoms with Crippen LogP contribution in [0.5, 0.6) is 0 Å². The van der Waals surface area contributed by atoms with Crippen LogP contribution >= 0.6 is 23.2 Å². The van der Waals surface area contributed by atoms with E-state index in [4.69, 9.17) is 23.2 Å². The summed E-state index contributed by atoms with van der Waals surface area (Å²) in [4.78, 5) is 16.3. The minimum absolute atomic E-state index is 0.0995. The van der Waals surface area contributed by atoms with E-state index in [1.165, 1.54) is 0 Å². The molecule has 0 aliphatic rings. The molecule has 1 heterocycles. The standard InChI is InChI=1S/C19H23Cl2N3O/c1-13(2)5-7-24-19(25)15-9-17(12-22-11-15)23-8-6-14-3-4-16(20)10-18(14)21/h3-4,9-13,23H,5-8H2,1-2H3,(H,24,25). The number of anilines is 1. The van der Waals surface area contributed by atoms with Crippen LogP contribution in [0.2, 0.25) is 10.0 Å². The molecule has 1 aromatic heterocycles. The number of hydrogen-bond acceptors (Lipinski definition) is 3. The van der Waals surface area contributed by atoms with E-state index in [-0.39, 0.29) is 5.91 Å². The predicted octanol–water partition coefficient (Wildman–Crippen LogP) is 4.82. The number of rotatable bonds is 8. The van der Waals surface area contributed by atoms with Gasteiger partial charge in [-0.1, -0.05) is 43.1 Å². The highest BCUT2D eigenvalue weighted by Gasteiger charge is 2.07. The second kappa shape index (κ2) is 9.64. The molecular formula is C19H23Cl2N3O. The van der Waals surface area contributed by atoms with Crippen LogP contribution in [0, 0.1) is 5.92 Å². The summed E-state index contributed by atoms with van der Waals surface area (Å²) in [5, 5.41) is 7.47. The Bertz CT molecular complexity index is 720. The molecule has 1 amide bonds. The minimum Gasteiger partial charge on any atom is -0.383 e. The molecule has 0 atom stereocenters. The van der Waals surface area contributed by atoms with Gasteiger partial charge in [-0.05, 0) is 42.5 Å². The number of hydrogen-bond donors (Lipinski definition) is 2. The first-order valence-electron chi connectivity index (χ1n) is 8.36. The zero-order chi connectivity index (χ0) is 18.2. The average Bonchev–Trinajstić information content (AvgIpc) is 2.57. The third-order valence-corrected chi connectivity index (χ3v) is 4.33. The second-order valence-electron chi connectivity index (χ2n) is 6.31. The van der Waals surface area contributed by atoms with Gasteiger partial charge >= 0.3 is 0 Å². The summed E-state index contributed by atoms with van der Waals surface area (Å²) in [6, 6.07) is 7.29. The molecule has 2 aromatic rings. The van der Waals surface area contributed by atoms with Crippen molar-refractivity contribution in [1.82, 2.24) is 10.3 Å². The van der Waals surface area contributed by atoms with Crippen LogP contribution in [-0.4, -0.2) is 24.0 Å². The van der Waals surface area contributed by atoms with Gasteiger partial charge in [-0.3, -0.25) is 9.78 Å². The maximum absolute atomic E-state index is 12.1. The van der Waals surface area contributed by atoms with Crippen molar-refractivity contribution in [3.05, 3.63) is 57.8 Å². The summed E-state index contributed by atoms with van der Waals surface area (Å²) in [6.07, 6.45) is 4.99. The molecule has 0 fully saturated rings. The molecule has 0 saturated heterocycles. The van der Waals surface area contributed by atoms with Crippen molar-refractivity contribution in [3.8, 4) is 0 Å². The van der Waals surface area contributed by atoms with Gasteiger partial charge in [0.05, 0.1) is 11.3 Å². The highest BCUT2D eigenvalue weighted by Crippen LogP contribution is 2.21. The van der Waals surface area contributed by atoms with E-state index >= 15 is 0 Å². The summed E-state index contributed by atoms with van der Waals surface area (Å²) >= 11 is 12.1. The van der Waals surface area contributed by atoms with Crippen LogP contribution in [-0.2, 0) is 6.42 Å². The number of aromatic nitrogens is 1. The number of nitrogens with one attached hydrogen (secondary N) is 2. The topological polar surface area (TPSA) is 54.0 Å². The van der Waals surface area contributed by atoms with E-state index in [2.05, 4.69) is 29.5 Å². The number of nitrogens with zero attached hydrogens (tertiary/aromatic N) is 1. The van der Waals surface area contributed by atoms with Crippen LogP contribution < -0.4 is 10.6 Å². The van der Waals surface area contributed by atoms with Gasteiger partial charge in [0.1, 0.15) is 0 Å². The lowest BCUT2D eigenvalue weighted by Crippen LogP contribution is -2.25. The lowest BCUT2D eigenvalue weighted by Gasteiger charge is -2.10. The van der Waals surface area contributed by atoms with E-state index in [9.17, 15) is 4.79 Å². The van der Waals surface area contributed by atoms with E-state index in [0.717, 1.165) is 24.1 Å². The summed E-state index contributed by atoms with van der Waals surface area (Å²) in [5.41, 5.74) is 2.38. The predicted molar refractivity (Wildman–Crippen MR) is 105 cm³/mol. The van der Waals surface area contributed by atoms with Gasteiger partial charge in [0.25, 0.3) is 5.91 Å². The zero-order valence-corrected chi connectivity index (χ0v) is 16.0. The molecule has 0 radical (unpaired) electrons. The average molecular weight is 380 g/mol. The van der Waals surface area contributed by atoms with Crippen molar-refractivity contribution in [3.63, 3.8) is 0 Å². The van der Waals surface area contributed by atoms with E-state index < -0.39 is 0 Å². The Morgan fingerprint density at radius 2 is 1.96 bits per heavy atom. The highest BCUT2D eigenvalue weighted by molar-refractivity contribution is 6.35. The van der Waals surface area contributed by atoms with Crippen molar-refractivity contribution in [1.29, 1.82) is 0 Å². The largest absolute Gasteiger partial charge is 0.383 e. The molecule has 2 N–H and O–H groups in total. The van der Waals surface area contributed by atoms with Crippen molar-refractivity contribution in [2.24, 2.45) is 5.92 Å². The molecule has 25 heavy (non-hydrogen) atoms. The third-order valence-electron chi connectivity index (χ3n) is 3.75. The Labute approximate surface area is 158 Å². The molecule has 2 rings (SSSR count). The molecule has 0 spiro atoms. The Balaban J connectivity index is 1.87. The molecule has 0 saturated carbocycles. The molecule has 1 aromatic carbocycles. The van der Waals surface area contributed by atoms with Crippen molar-refractivity contribution < 1.29 is 4.79 Å². The van der Waals surface area contributed by atoms with Crippen molar-refractivity contribution >= 4 is 34.8 Å². The molecule has 0 unspecified atom stereocenters. The fourth-order valence-electron chi connectivity index (χ4n) is 2.30. The third kappa shape index (κ3) is 6.56. The monoisotopic (exact) mass is 379 g/mol. The Hall–Kier alpha value is -1.78. The van der Waals surface area contributed by atoms with Crippen LogP contribution in [0.15, 0.2) is 36.7 Å². The number of halogens is 2. The van der Waals surface area contributed by atoms with Gasteiger partial charge in [-0.15, -0.1) is 0 Å². The summed E-state index contributed by atoms with van der Waals surface area (Å²) in [6.45, 7) is 5.61. The van der Waals surface area contributed by atoms with Gasteiger partial charge in [0.2, 0.25) is 0 Å². The fourth-order valence-corrected chi connectivity index (χ4v) is 2.81. The second-order valence-corrected chi connectivity index (χ2v) is 7.16. The fraction of sp³-hybridized carbons (Fsp3) is 0.368. The lowest BCUT2D eigenvalue weighted by molar-refractivity contribution is 0.0951. The Morgan fingerprint density at radius 3 is 2.68 bits per heavy atom. The first-order valence-corrected chi connectivity index (χ1v) is 9.12. The van der Waals surface area contributed by atoms with E-state index in [1.54, 1.807) is 24.5 Å². The normalized spacial score (nSPS) is 10.8. The van der Waals surface area contributed by atoms with Crippen molar-refractivity contribution in [2.45, 2.75) is 26.7 Å². The van der Waals surface area contributed by atoms with Crippen LogP contribution in [0.1, 0.15) is 36.2 Å². The molecule has 0 aliphatic carbocycles. The maximum atomic E-state index is 12.1. The maximum Gasteiger partial charge on any atom is 0.252 e. The highest BCUT2D eigenvalue weighted by atomic mass is 35.5. The van der Waals surface area contributed by atoms with Gasteiger partial charge in [-0.25, -0.2) is 0 Å². The molecular weight excluding hydrogens is 357 g/mol. The molecule has 4 nitrogen and oxygen atoms in total. The Kier molecular flexibility index (Phi) is 7.53. The zero-order valence-electron chi connectivity index (χ0n) is 14.5. The summed E-state index contributed by atoms with van der Waals surface area (Å²) < 4.78 is 0. The van der Waals surface area contributed by atoms with Crippen molar-refractivity contribution in [2.75, 3.05) is 18.4 Å². The summed E-state index contributed by atoms with van der Waals surface area (Å²) in [5.74, 6) is 0.462. The van der Waals surface area contributed by atoms with E-state index in [0.29, 0.717) is 34.6 Å². The molecule has 134 valence electrons. The van der Waals surface area contributed by atoms with Gasteiger partial charge in [-0.2, -0.15) is 0 Å². The summed E-state index contributed by atoms with van der Waals surface area (Å²) in [7, 11) is 0. The number of benzene rings is 1. The first-order chi connectivity index (χ1) is 12.0. The molecule has 0 bridgehead atoms. The van der Waals surface area contributed by atoms with Crippen LogP contribution in [0.4, 0.5) is 5.69 Å². The first kappa shape index (κ1) is 19.5. The minimum atomic E-state index is -0.0995. The molecule has 0 aliphatic heterocycles. The van der Waals surface area contributed by atoms with E-state index in [1.807, 2.05) is 12.1 Å². The number of carbonyl (C=O) groups is 1. The molecule has 6 heteroatoms.